The average molecular weight is 226 g/mol. The van der Waals surface area contributed by atoms with Crippen LogP contribution in [0.25, 0.3) is 0 Å². The van der Waals surface area contributed by atoms with Crippen molar-refractivity contribution in [1.29, 1.82) is 0 Å². The number of ketones is 1. The summed E-state index contributed by atoms with van der Waals surface area (Å²) >= 11 is 0. The third-order valence-corrected chi connectivity index (χ3v) is 2.81. The molecule has 0 aliphatic carbocycles. The summed E-state index contributed by atoms with van der Waals surface area (Å²) < 4.78 is 4.90. The molecule has 2 fully saturated rings. The largest absolute Gasteiger partial charge is 0.458 e. The third-order valence-electron chi connectivity index (χ3n) is 2.81. The first kappa shape index (κ1) is 11.5. The van der Waals surface area contributed by atoms with Gasteiger partial charge in [0.2, 0.25) is 0 Å². The van der Waals surface area contributed by atoms with E-state index in [4.69, 9.17) is 4.74 Å². The van der Waals surface area contributed by atoms with Crippen molar-refractivity contribution in [3.63, 3.8) is 0 Å². The Morgan fingerprint density at radius 2 is 1.50 bits per heavy atom. The van der Waals surface area contributed by atoms with E-state index in [0.717, 1.165) is 39.3 Å². The molecule has 0 N–H and O–H groups in total. The minimum atomic E-state index is -0.257. The van der Waals surface area contributed by atoms with Crippen LogP contribution in [-0.4, -0.2) is 67.4 Å². The van der Waals surface area contributed by atoms with Gasteiger partial charge < -0.3 is 14.5 Å². The Morgan fingerprint density at radius 3 is 2.06 bits per heavy atom. The van der Waals surface area contributed by atoms with E-state index in [1.807, 2.05) is 0 Å². The second-order valence-electron chi connectivity index (χ2n) is 4.38. The molecule has 2 aliphatic heterocycles. The first-order valence-corrected chi connectivity index (χ1v) is 5.86. The molecule has 0 radical (unpaired) electrons. The first-order chi connectivity index (χ1) is 7.74. The molecular formula is C11H18N2O3. The number of carbonyl (C=O) groups is 2. The molecule has 0 aromatic rings. The molecule has 0 bridgehead atoms. The predicted molar refractivity (Wildman–Crippen MR) is 58.1 cm³/mol. The first-order valence-electron chi connectivity index (χ1n) is 5.86. The van der Waals surface area contributed by atoms with Gasteiger partial charge in [-0.15, -0.1) is 0 Å². The summed E-state index contributed by atoms with van der Waals surface area (Å²) in [4.78, 5) is 26.9. The lowest BCUT2D eigenvalue weighted by molar-refractivity contribution is -0.148. The zero-order valence-corrected chi connectivity index (χ0v) is 9.48. The minimum absolute atomic E-state index is 0.0204. The van der Waals surface area contributed by atoms with E-state index in [-0.39, 0.29) is 18.4 Å². The molecule has 16 heavy (non-hydrogen) atoms. The van der Waals surface area contributed by atoms with E-state index in [0.29, 0.717) is 12.8 Å². The zero-order valence-electron chi connectivity index (χ0n) is 9.48. The monoisotopic (exact) mass is 226 g/mol. The fourth-order valence-corrected chi connectivity index (χ4v) is 1.43. The Bertz CT molecular complexity index is 244. The van der Waals surface area contributed by atoms with Gasteiger partial charge in [0.25, 0.3) is 0 Å². The number of carbonyl (C=O) groups excluding carboxylic acids is 2. The summed E-state index contributed by atoms with van der Waals surface area (Å²) in [5.41, 5.74) is 0. The van der Waals surface area contributed by atoms with Crippen molar-refractivity contribution >= 4 is 11.8 Å². The van der Waals surface area contributed by atoms with Crippen molar-refractivity contribution in [1.82, 2.24) is 9.80 Å². The molecule has 2 saturated heterocycles. The van der Waals surface area contributed by atoms with Crippen LogP contribution in [-0.2, 0) is 14.3 Å². The molecular weight excluding hydrogens is 208 g/mol. The molecule has 0 aromatic heterocycles. The highest BCUT2D eigenvalue weighted by molar-refractivity contribution is 5.82. The Hall–Kier alpha value is -0.940. The van der Waals surface area contributed by atoms with Crippen LogP contribution in [0.3, 0.4) is 0 Å². The highest BCUT2D eigenvalue weighted by atomic mass is 16.5. The molecule has 0 unspecified atom stereocenters. The van der Waals surface area contributed by atoms with Crippen molar-refractivity contribution in [3.05, 3.63) is 0 Å². The SMILES string of the molecule is O=C(CCN1CC1)COC(=O)CCN1CC1. The van der Waals surface area contributed by atoms with Crippen LogP contribution < -0.4 is 0 Å². The number of hydrogen-bond acceptors (Lipinski definition) is 5. The normalized spacial score (nSPS) is 19.5. The lowest BCUT2D eigenvalue weighted by Crippen LogP contribution is -2.18. The molecule has 90 valence electrons. The summed E-state index contributed by atoms with van der Waals surface area (Å²) in [6, 6.07) is 0. The summed E-state index contributed by atoms with van der Waals surface area (Å²) in [6.45, 7) is 5.90. The van der Waals surface area contributed by atoms with Crippen molar-refractivity contribution in [2.45, 2.75) is 12.8 Å². The third kappa shape index (κ3) is 4.72. The zero-order chi connectivity index (χ0) is 11.4. The maximum Gasteiger partial charge on any atom is 0.307 e. The van der Waals surface area contributed by atoms with Crippen LogP contribution in [0.4, 0.5) is 0 Å². The van der Waals surface area contributed by atoms with Crippen molar-refractivity contribution in [2.75, 3.05) is 45.9 Å². The smallest absolute Gasteiger partial charge is 0.307 e. The van der Waals surface area contributed by atoms with E-state index < -0.39 is 0 Å². The van der Waals surface area contributed by atoms with Gasteiger partial charge in [-0.25, -0.2) is 0 Å². The molecule has 0 amide bonds. The maximum atomic E-state index is 11.3. The maximum absolute atomic E-state index is 11.3. The predicted octanol–water partition coefficient (Wildman–Crippen LogP) is -0.490. The lowest BCUT2D eigenvalue weighted by Gasteiger charge is -2.04. The fraction of sp³-hybridized carbons (Fsp3) is 0.818. The number of hydrogen-bond donors (Lipinski definition) is 0. The van der Waals surface area contributed by atoms with E-state index in [1.54, 1.807) is 0 Å². The minimum Gasteiger partial charge on any atom is -0.458 e. The topological polar surface area (TPSA) is 49.4 Å². The van der Waals surface area contributed by atoms with Crippen LogP contribution in [0.1, 0.15) is 12.8 Å². The fourth-order valence-electron chi connectivity index (χ4n) is 1.43. The van der Waals surface area contributed by atoms with E-state index in [1.165, 1.54) is 0 Å². The van der Waals surface area contributed by atoms with Gasteiger partial charge in [-0.1, -0.05) is 0 Å². The Balaban J connectivity index is 1.47. The lowest BCUT2D eigenvalue weighted by atomic mass is 10.3. The van der Waals surface area contributed by atoms with Gasteiger partial charge in [-0.2, -0.15) is 0 Å². The molecule has 2 rings (SSSR count). The van der Waals surface area contributed by atoms with Gasteiger partial charge >= 0.3 is 5.97 Å². The van der Waals surface area contributed by atoms with E-state index in [2.05, 4.69) is 9.80 Å². The second-order valence-corrected chi connectivity index (χ2v) is 4.38. The van der Waals surface area contributed by atoms with E-state index >= 15 is 0 Å². The number of rotatable bonds is 8. The molecule has 0 aromatic carbocycles. The average Bonchev–Trinajstić information content (AvgIpc) is 3.15. The van der Waals surface area contributed by atoms with Crippen molar-refractivity contribution in [2.24, 2.45) is 0 Å². The van der Waals surface area contributed by atoms with Gasteiger partial charge in [-0.3, -0.25) is 9.59 Å². The molecule has 2 heterocycles. The number of esters is 1. The molecule has 0 spiro atoms. The van der Waals surface area contributed by atoms with Crippen molar-refractivity contribution < 1.29 is 14.3 Å². The second kappa shape index (κ2) is 5.41. The van der Waals surface area contributed by atoms with Gasteiger partial charge in [-0.05, 0) is 0 Å². The number of Topliss-reactive ketones (excluding diaryl/α,β-unsaturated/α-hetero) is 1. The summed E-state index contributed by atoms with van der Waals surface area (Å²) in [7, 11) is 0. The molecule has 5 nitrogen and oxygen atoms in total. The Labute approximate surface area is 95.3 Å². The van der Waals surface area contributed by atoms with Crippen LogP contribution in [0.2, 0.25) is 0 Å². The molecule has 2 aliphatic rings. The number of nitrogens with zero attached hydrogens (tertiary/aromatic N) is 2. The van der Waals surface area contributed by atoms with Crippen LogP contribution >= 0.6 is 0 Å². The Kier molecular flexibility index (Phi) is 3.90. The molecule has 5 heteroatoms. The van der Waals surface area contributed by atoms with Gasteiger partial charge in [0.05, 0.1) is 6.42 Å². The van der Waals surface area contributed by atoms with Crippen LogP contribution in [0.5, 0.6) is 0 Å². The van der Waals surface area contributed by atoms with Gasteiger partial charge in [0.15, 0.2) is 5.78 Å². The summed E-state index contributed by atoms with van der Waals surface area (Å²) in [6.07, 6.45) is 0.902. The van der Waals surface area contributed by atoms with E-state index in [9.17, 15) is 9.59 Å². The van der Waals surface area contributed by atoms with Crippen molar-refractivity contribution in [3.8, 4) is 0 Å². The number of ether oxygens (including phenoxy) is 1. The highest BCUT2D eigenvalue weighted by Crippen LogP contribution is 2.05. The van der Waals surface area contributed by atoms with Crippen LogP contribution in [0, 0.1) is 0 Å². The van der Waals surface area contributed by atoms with Gasteiger partial charge in [0, 0.05) is 45.7 Å². The quantitative estimate of drug-likeness (QED) is 0.413. The summed E-state index contributed by atoms with van der Waals surface area (Å²) in [5.74, 6) is -0.237. The molecule has 0 atom stereocenters. The summed E-state index contributed by atoms with van der Waals surface area (Å²) in [5, 5.41) is 0. The Morgan fingerprint density at radius 1 is 0.938 bits per heavy atom. The van der Waals surface area contributed by atoms with Crippen LogP contribution in [0.15, 0.2) is 0 Å². The standard InChI is InChI=1S/C11H18N2O3/c14-10(1-3-12-5-6-12)9-16-11(15)2-4-13-7-8-13/h1-9H2. The van der Waals surface area contributed by atoms with Gasteiger partial charge in [0.1, 0.15) is 6.61 Å². The molecule has 0 saturated carbocycles. The highest BCUT2D eigenvalue weighted by Gasteiger charge is 2.20.